The van der Waals surface area contributed by atoms with Gasteiger partial charge in [-0.25, -0.2) is 15.0 Å². The molecule has 0 amide bonds. The lowest BCUT2D eigenvalue weighted by molar-refractivity contribution is 0.821. The molecule has 2 aromatic heterocycles. The lowest BCUT2D eigenvalue weighted by atomic mass is 10.2. The first-order valence-electron chi connectivity index (χ1n) is 5.48. The molecular formula is C13H9N5. The largest absolute Gasteiger partial charge is 0.322 e. The van der Waals surface area contributed by atoms with E-state index in [0.29, 0.717) is 23.4 Å². The molecular weight excluding hydrogens is 226 g/mol. The molecule has 0 radical (unpaired) electrons. The molecule has 0 saturated carbocycles. The summed E-state index contributed by atoms with van der Waals surface area (Å²) in [6.45, 7) is 0.652. The van der Waals surface area contributed by atoms with Gasteiger partial charge in [0, 0.05) is 6.54 Å². The molecule has 1 aromatic carbocycles. The van der Waals surface area contributed by atoms with Gasteiger partial charge >= 0.3 is 0 Å². The Bertz CT molecular complexity index is 724. The average molecular weight is 235 g/mol. The third-order valence-corrected chi connectivity index (χ3v) is 2.71. The Morgan fingerprint density at radius 2 is 1.94 bits per heavy atom. The molecule has 0 aliphatic rings. The van der Waals surface area contributed by atoms with Gasteiger partial charge in [-0.3, -0.25) is 0 Å². The first kappa shape index (κ1) is 10.4. The van der Waals surface area contributed by atoms with Crippen LogP contribution in [0.1, 0.15) is 11.3 Å². The van der Waals surface area contributed by atoms with Crippen molar-refractivity contribution in [3.05, 3.63) is 54.2 Å². The standard InChI is InChI=1S/C13H9N5/c14-6-11-12-13(16-8-15-11)17-9-18(12)7-10-4-2-1-3-5-10/h1-5,8-9H,7H2. The van der Waals surface area contributed by atoms with Gasteiger partial charge in [-0.2, -0.15) is 5.26 Å². The first-order chi connectivity index (χ1) is 8.88. The van der Waals surface area contributed by atoms with E-state index in [4.69, 9.17) is 5.26 Å². The number of hydrogen-bond acceptors (Lipinski definition) is 4. The van der Waals surface area contributed by atoms with Gasteiger partial charge in [0.1, 0.15) is 17.9 Å². The number of nitrogens with zero attached hydrogens (tertiary/aromatic N) is 5. The number of fused-ring (bicyclic) bond motifs is 1. The molecule has 86 valence electrons. The van der Waals surface area contributed by atoms with E-state index in [9.17, 15) is 0 Å². The molecule has 2 heterocycles. The summed E-state index contributed by atoms with van der Waals surface area (Å²) < 4.78 is 1.89. The summed E-state index contributed by atoms with van der Waals surface area (Å²) in [5.41, 5.74) is 2.74. The Morgan fingerprint density at radius 1 is 1.11 bits per heavy atom. The van der Waals surface area contributed by atoms with Crippen molar-refractivity contribution < 1.29 is 0 Å². The summed E-state index contributed by atoms with van der Waals surface area (Å²) in [7, 11) is 0. The van der Waals surface area contributed by atoms with Crippen molar-refractivity contribution in [2.75, 3.05) is 0 Å². The van der Waals surface area contributed by atoms with Crippen molar-refractivity contribution in [2.24, 2.45) is 0 Å². The maximum atomic E-state index is 9.06. The van der Waals surface area contributed by atoms with Crippen molar-refractivity contribution >= 4 is 11.2 Å². The second kappa shape index (κ2) is 4.26. The zero-order valence-electron chi connectivity index (χ0n) is 9.48. The molecule has 3 aromatic rings. The van der Waals surface area contributed by atoms with Gasteiger partial charge in [0.15, 0.2) is 11.3 Å². The molecule has 3 rings (SSSR count). The second-order valence-electron chi connectivity index (χ2n) is 3.86. The van der Waals surface area contributed by atoms with Crippen LogP contribution >= 0.6 is 0 Å². The predicted molar refractivity (Wildman–Crippen MR) is 65.6 cm³/mol. The molecule has 0 saturated heterocycles. The Balaban J connectivity index is 2.11. The lowest BCUT2D eigenvalue weighted by Crippen LogP contribution is -2.00. The minimum Gasteiger partial charge on any atom is -0.322 e. The van der Waals surface area contributed by atoms with Crippen molar-refractivity contribution in [3.8, 4) is 6.07 Å². The highest BCUT2D eigenvalue weighted by Gasteiger charge is 2.10. The van der Waals surface area contributed by atoms with Gasteiger partial charge in [0.05, 0.1) is 6.33 Å². The molecule has 0 atom stereocenters. The fraction of sp³-hybridized carbons (Fsp3) is 0.0769. The van der Waals surface area contributed by atoms with E-state index in [-0.39, 0.29) is 0 Å². The lowest BCUT2D eigenvalue weighted by Gasteiger charge is -2.04. The normalized spacial score (nSPS) is 10.4. The van der Waals surface area contributed by atoms with Gasteiger partial charge in [0.2, 0.25) is 0 Å². The third-order valence-electron chi connectivity index (χ3n) is 2.71. The smallest absolute Gasteiger partial charge is 0.182 e. The number of hydrogen-bond donors (Lipinski definition) is 0. The zero-order chi connectivity index (χ0) is 12.4. The zero-order valence-corrected chi connectivity index (χ0v) is 9.48. The van der Waals surface area contributed by atoms with Gasteiger partial charge in [-0.15, -0.1) is 0 Å². The summed E-state index contributed by atoms with van der Waals surface area (Å²) in [6.07, 6.45) is 3.05. The molecule has 0 unspecified atom stereocenters. The second-order valence-corrected chi connectivity index (χ2v) is 3.86. The quantitative estimate of drug-likeness (QED) is 0.678. The number of benzene rings is 1. The van der Waals surface area contributed by atoms with Gasteiger partial charge in [-0.05, 0) is 5.56 Å². The molecule has 0 fully saturated rings. The molecule has 18 heavy (non-hydrogen) atoms. The van der Waals surface area contributed by atoms with Gasteiger partial charge < -0.3 is 4.57 Å². The fourth-order valence-electron chi connectivity index (χ4n) is 1.89. The van der Waals surface area contributed by atoms with Crippen molar-refractivity contribution in [1.82, 2.24) is 19.5 Å². The monoisotopic (exact) mass is 235 g/mol. The summed E-state index contributed by atoms with van der Waals surface area (Å²) >= 11 is 0. The maximum Gasteiger partial charge on any atom is 0.182 e. The van der Waals surface area contributed by atoms with Crippen LogP contribution in [0.15, 0.2) is 43.0 Å². The first-order valence-corrected chi connectivity index (χ1v) is 5.48. The highest BCUT2D eigenvalue weighted by Crippen LogP contribution is 2.14. The highest BCUT2D eigenvalue weighted by molar-refractivity contribution is 5.76. The third kappa shape index (κ3) is 1.70. The Kier molecular flexibility index (Phi) is 2.47. The Hall–Kier alpha value is -2.74. The van der Waals surface area contributed by atoms with E-state index < -0.39 is 0 Å². The minimum absolute atomic E-state index is 0.355. The van der Waals surface area contributed by atoms with Crippen molar-refractivity contribution in [2.45, 2.75) is 6.54 Å². The molecule has 0 aliphatic carbocycles. The number of imidazole rings is 1. The van der Waals surface area contributed by atoms with Gasteiger partial charge in [-0.1, -0.05) is 30.3 Å². The maximum absolute atomic E-state index is 9.06. The minimum atomic E-state index is 0.355. The Morgan fingerprint density at radius 3 is 2.72 bits per heavy atom. The van der Waals surface area contributed by atoms with Crippen LogP contribution in [-0.2, 0) is 6.54 Å². The highest BCUT2D eigenvalue weighted by atomic mass is 15.1. The van der Waals surface area contributed by atoms with E-state index in [1.165, 1.54) is 6.33 Å². The van der Waals surface area contributed by atoms with Crippen LogP contribution in [0.2, 0.25) is 0 Å². The van der Waals surface area contributed by atoms with Crippen molar-refractivity contribution in [1.29, 1.82) is 5.26 Å². The van der Waals surface area contributed by atoms with Crippen molar-refractivity contribution in [3.63, 3.8) is 0 Å². The average Bonchev–Trinajstić information content (AvgIpc) is 2.83. The van der Waals surface area contributed by atoms with Crippen LogP contribution in [0.5, 0.6) is 0 Å². The molecule has 0 bridgehead atoms. The van der Waals surface area contributed by atoms with Crippen LogP contribution in [0.3, 0.4) is 0 Å². The van der Waals surface area contributed by atoms with E-state index in [1.54, 1.807) is 6.33 Å². The summed E-state index contributed by atoms with van der Waals surface area (Å²) in [6, 6.07) is 12.1. The molecule has 5 nitrogen and oxygen atoms in total. The molecule has 0 aliphatic heterocycles. The Labute approximate surface area is 103 Å². The molecule has 0 N–H and O–H groups in total. The van der Waals surface area contributed by atoms with Crippen LogP contribution in [0.25, 0.3) is 11.2 Å². The van der Waals surface area contributed by atoms with E-state index in [0.717, 1.165) is 5.56 Å². The number of aromatic nitrogens is 4. The summed E-state index contributed by atoms with van der Waals surface area (Å²) in [4.78, 5) is 12.2. The SMILES string of the molecule is N#Cc1ncnc2ncn(Cc3ccccc3)c12. The topological polar surface area (TPSA) is 67.4 Å². The fourth-order valence-corrected chi connectivity index (χ4v) is 1.89. The van der Waals surface area contributed by atoms with Crippen LogP contribution in [0.4, 0.5) is 0 Å². The number of rotatable bonds is 2. The molecule has 5 heteroatoms. The summed E-state index contributed by atoms with van der Waals surface area (Å²) in [5.74, 6) is 0. The number of nitriles is 1. The summed E-state index contributed by atoms with van der Waals surface area (Å²) in [5, 5.41) is 9.06. The van der Waals surface area contributed by atoms with Crippen LogP contribution in [0, 0.1) is 11.3 Å². The van der Waals surface area contributed by atoms with E-state index in [2.05, 4.69) is 21.0 Å². The van der Waals surface area contributed by atoms with Gasteiger partial charge in [0.25, 0.3) is 0 Å². The molecule has 0 spiro atoms. The van der Waals surface area contributed by atoms with E-state index >= 15 is 0 Å². The predicted octanol–water partition coefficient (Wildman–Crippen LogP) is 1.75. The van der Waals surface area contributed by atoms with Crippen LogP contribution < -0.4 is 0 Å². The van der Waals surface area contributed by atoms with Crippen LogP contribution in [-0.4, -0.2) is 19.5 Å². The van der Waals surface area contributed by atoms with E-state index in [1.807, 2.05) is 34.9 Å².